The Morgan fingerprint density at radius 3 is 2.57 bits per heavy atom. The molecule has 0 aliphatic heterocycles. The molecule has 0 aromatic heterocycles. The summed E-state index contributed by atoms with van der Waals surface area (Å²) >= 11 is 3.40. The molecule has 21 heavy (non-hydrogen) atoms. The van der Waals surface area contributed by atoms with Crippen LogP contribution in [-0.4, -0.2) is 15.5 Å². The zero-order valence-electron chi connectivity index (χ0n) is 11.9. The molecule has 0 radical (unpaired) electrons. The molecule has 2 aromatic rings. The fourth-order valence-electron chi connectivity index (χ4n) is 1.95. The van der Waals surface area contributed by atoms with E-state index in [1.54, 1.807) is 30.3 Å². The lowest BCUT2D eigenvalue weighted by Crippen LogP contribution is -2.14. The molecule has 112 valence electrons. The van der Waals surface area contributed by atoms with Crippen LogP contribution < -0.4 is 10.0 Å². The van der Waals surface area contributed by atoms with Crippen molar-refractivity contribution in [3.63, 3.8) is 0 Å². The van der Waals surface area contributed by atoms with Gasteiger partial charge >= 0.3 is 0 Å². The maximum atomic E-state index is 12.4. The van der Waals surface area contributed by atoms with E-state index >= 15 is 0 Å². The summed E-state index contributed by atoms with van der Waals surface area (Å²) in [6.45, 7) is 2.54. The predicted molar refractivity (Wildman–Crippen MR) is 88.9 cm³/mol. The summed E-state index contributed by atoms with van der Waals surface area (Å²) in [6.07, 6.45) is 0. The van der Waals surface area contributed by atoms with E-state index in [-0.39, 0.29) is 4.90 Å². The second-order valence-corrected chi connectivity index (χ2v) is 7.28. The van der Waals surface area contributed by atoms with Gasteiger partial charge in [-0.2, -0.15) is 0 Å². The standard InChI is InChI=1S/C15H17BrN2O2S/c1-11-8-13(6-7-15(11)16)18-21(19,20)14-5-3-4-12(9-14)10-17-2/h3-9,17-18H,10H2,1-2H3. The van der Waals surface area contributed by atoms with Gasteiger partial charge in [-0.1, -0.05) is 28.1 Å². The van der Waals surface area contributed by atoms with E-state index in [1.165, 1.54) is 0 Å². The highest BCUT2D eigenvalue weighted by Gasteiger charge is 2.14. The Hall–Kier alpha value is -1.37. The van der Waals surface area contributed by atoms with Crippen molar-refractivity contribution < 1.29 is 8.42 Å². The normalized spacial score (nSPS) is 11.4. The Bertz CT molecular complexity index is 745. The molecule has 0 heterocycles. The van der Waals surface area contributed by atoms with Gasteiger partial charge in [0.25, 0.3) is 10.0 Å². The molecule has 2 aromatic carbocycles. The number of rotatable bonds is 5. The van der Waals surface area contributed by atoms with Gasteiger partial charge in [0.15, 0.2) is 0 Å². The van der Waals surface area contributed by atoms with Crippen LogP contribution in [0.25, 0.3) is 0 Å². The molecule has 0 saturated heterocycles. The number of hydrogen-bond acceptors (Lipinski definition) is 3. The lowest BCUT2D eigenvalue weighted by Gasteiger charge is -2.10. The first-order valence-corrected chi connectivity index (χ1v) is 8.72. The summed E-state index contributed by atoms with van der Waals surface area (Å²) in [4.78, 5) is 0.260. The number of sulfonamides is 1. The lowest BCUT2D eigenvalue weighted by molar-refractivity contribution is 0.601. The van der Waals surface area contributed by atoms with E-state index < -0.39 is 10.0 Å². The molecule has 0 fully saturated rings. The largest absolute Gasteiger partial charge is 0.316 e. The highest BCUT2D eigenvalue weighted by molar-refractivity contribution is 9.10. The molecule has 6 heteroatoms. The molecular formula is C15H17BrN2O2S. The van der Waals surface area contributed by atoms with Crippen molar-refractivity contribution in [2.45, 2.75) is 18.4 Å². The van der Waals surface area contributed by atoms with Crippen molar-refractivity contribution in [1.82, 2.24) is 5.32 Å². The first-order chi connectivity index (χ1) is 9.92. The van der Waals surface area contributed by atoms with Crippen molar-refractivity contribution in [2.24, 2.45) is 0 Å². The summed E-state index contributed by atoms with van der Waals surface area (Å²) in [5.74, 6) is 0. The summed E-state index contributed by atoms with van der Waals surface area (Å²) in [6, 6.07) is 12.2. The smallest absolute Gasteiger partial charge is 0.261 e. The fourth-order valence-corrected chi connectivity index (χ4v) is 3.31. The molecule has 0 bridgehead atoms. The van der Waals surface area contributed by atoms with E-state index in [4.69, 9.17) is 0 Å². The van der Waals surface area contributed by atoms with Gasteiger partial charge in [0.2, 0.25) is 0 Å². The summed E-state index contributed by atoms with van der Waals surface area (Å²) in [5, 5.41) is 3.01. The van der Waals surface area contributed by atoms with Crippen LogP contribution >= 0.6 is 15.9 Å². The Kier molecular flexibility index (Phi) is 5.03. The Labute approximate surface area is 133 Å². The Balaban J connectivity index is 2.29. The van der Waals surface area contributed by atoms with Crippen LogP contribution in [0.1, 0.15) is 11.1 Å². The van der Waals surface area contributed by atoms with Crippen molar-refractivity contribution in [1.29, 1.82) is 0 Å². The third-order valence-electron chi connectivity index (χ3n) is 3.00. The second-order valence-electron chi connectivity index (χ2n) is 4.75. The monoisotopic (exact) mass is 368 g/mol. The van der Waals surface area contributed by atoms with Crippen LogP contribution in [0.4, 0.5) is 5.69 Å². The maximum absolute atomic E-state index is 12.4. The molecule has 2 rings (SSSR count). The summed E-state index contributed by atoms with van der Waals surface area (Å²) in [5.41, 5.74) is 2.45. The third-order valence-corrected chi connectivity index (χ3v) is 5.27. The van der Waals surface area contributed by atoms with Gasteiger partial charge in [-0.3, -0.25) is 4.72 Å². The SMILES string of the molecule is CNCc1cccc(S(=O)(=O)Nc2ccc(Br)c(C)c2)c1. The van der Waals surface area contributed by atoms with Gasteiger partial charge in [0, 0.05) is 16.7 Å². The molecule has 0 unspecified atom stereocenters. The Morgan fingerprint density at radius 1 is 1.14 bits per heavy atom. The van der Waals surface area contributed by atoms with Gasteiger partial charge in [-0.15, -0.1) is 0 Å². The number of anilines is 1. The van der Waals surface area contributed by atoms with E-state index in [1.807, 2.05) is 26.1 Å². The first kappa shape index (κ1) is 16.0. The highest BCUT2D eigenvalue weighted by Crippen LogP contribution is 2.22. The molecule has 2 N–H and O–H groups in total. The van der Waals surface area contributed by atoms with E-state index in [9.17, 15) is 8.42 Å². The quantitative estimate of drug-likeness (QED) is 0.851. The molecule has 0 aliphatic rings. The summed E-state index contributed by atoms with van der Waals surface area (Å²) in [7, 11) is -1.75. The Morgan fingerprint density at radius 2 is 1.90 bits per heavy atom. The van der Waals surface area contributed by atoms with Gasteiger partial charge in [0.05, 0.1) is 4.90 Å². The lowest BCUT2D eigenvalue weighted by atomic mass is 10.2. The average molecular weight is 369 g/mol. The number of halogens is 1. The molecule has 0 amide bonds. The van der Waals surface area contributed by atoms with Gasteiger partial charge in [-0.25, -0.2) is 8.42 Å². The van der Waals surface area contributed by atoms with Crippen LogP contribution in [0, 0.1) is 6.92 Å². The van der Waals surface area contributed by atoms with Crippen molar-refractivity contribution in [3.8, 4) is 0 Å². The van der Waals surface area contributed by atoms with Crippen LogP contribution in [-0.2, 0) is 16.6 Å². The average Bonchev–Trinajstić information content (AvgIpc) is 2.43. The first-order valence-electron chi connectivity index (χ1n) is 6.45. The maximum Gasteiger partial charge on any atom is 0.261 e. The molecule has 0 atom stereocenters. The van der Waals surface area contributed by atoms with Gasteiger partial charge in [0.1, 0.15) is 0 Å². The zero-order valence-corrected chi connectivity index (χ0v) is 14.3. The second kappa shape index (κ2) is 6.60. The van der Waals surface area contributed by atoms with Crippen LogP contribution in [0.5, 0.6) is 0 Å². The molecule has 0 saturated carbocycles. The molecule has 0 spiro atoms. The molecule has 0 aliphatic carbocycles. The fraction of sp³-hybridized carbons (Fsp3) is 0.200. The minimum atomic E-state index is -3.58. The van der Waals surface area contributed by atoms with Crippen LogP contribution in [0.2, 0.25) is 0 Å². The third kappa shape index (κ3) is 4.06. The van der Waals surface area contributed by atoms with E-state index in [0.717, 1.165) is 15.6 Å². The van der Waals surface area contributed by atoms with Gasteiger partial charge in [-0.05, 0) is 55.4 Å². The van der Waals surface area contributed by atoms with Crippen molar-refractivity contribution in [3.05, 3.63) is 58.1 Å². The van der Waals surface area contributed by atoms with E-state index in [2.05, 4.69) is 26.0 Å². The topological polar surface area (TPSA) is 58.2 Å². The number of nitrogens with one attached hydrogen (secondary N) is 2. The van der Waals surface area contributed by atoms with Crippen LogP contribution in [0.15, 0.2) is 51.8 Å². The highest BCUT2D eigenvalue weighted by atomic mass is 79.9. The van der Waals surface area contributed by atoms with Gasteiger partial charge < -0.3 is 5.32 Å². The zero-order chi connectivity index (χ0) is 15.5. The number of benzene rings is 2. The van der Waals surface area contributed by atoms with Crippen molar-refractivity contribution in [2.75, 3.05) is 11.8 Å². The molecule has 4 nitrogen and oxygen atoms in total. The minimum absolute atomic E-state index is 0.260. The number of aryl methyl sites for hydroxylation is 1. The van der Waals surface area contributed by atoms with E-state index in [0.29, 0.717) is 12.2 Å². The summed E-state index contributed by atoms with van der Waals surface area (Å²) < 4.78 is 28.4. The van der Waals surface area contributed by atoms with Crippen molar-refractivity contribution >= 4 is 31.6 Å². The van der Waals surface area contributed by atoms with Crippen LogP contribution in [0.3, 0.4) is 0 Å². The minimum Gasteiger partial charge on any atom is -0.316 e. The number of hydrogen-bond donors (Lipinski definition) is 2. The predicted octanol–water partition coefficient (Wildman–Crippen LogP) is 3.28. The molecular weight excluding hydrogens is 352 g/mol.